The molecule has 6 nitrogen and oxygen atoms in total. The average molecular weight is 349 g/mol. The predicted molar refractivity (Wildman–Crippen MR) is 89.8 cm³/mol. The SMILES string of the molecule is C=CCn1c(SCc2nnc(C)o2)nc2cc(Cl)ccc2c1=O. The number of thioether (sulfide) groups is 1. The van der Waals surface area contributed by atoms with Gasteiger partial charge < -0.3 is 4.42 Å². The van der Waals surface area contributed by atoms with E-state index in [1.54, 1.807) is 35.8 Å². The van der Waals surface area contributed by atoms with E-state index in [1.165, 1.54) is 11.8 Å². The van der Waals surface area contributed by atoms with E-state index >= 15 is 0 Å². The molecule has 1 aromatic carbocycles. The zero-order valence-electron chi connectivity index (χ0n) is 12.3. The van der Waals surface area contributed by atoms with E-state index in [4.69, 9.17) is 16.0 Å². The van der Waals surface area contributed by atoms with E-state index in [2.05, 4.69) is 21.8 Å². The minimum absolute atomic E-state index is 0.129. The second-order valence-corrected chi connectivity index (χ2v) is 6.14. The molecular weight excluding hydrogens is 336 g/mol. The number of aromatic nitrogens is 4. The van der Waals surface area contributed by atoms with Gasteiger partial charge >= 0.3 is 0 Å². The van der Waals surface area contributed by atoms with E-state index in [1.807, 2.05) is 0 Å². The molecule has 0 spiro atoms. The van der Waals surface area contributed by atoms with Crippen LogP contribution in [-0.4, -0.2) is 19.7 Å². The van der Waals surface area contributed by atoms with Crippen molar-refractivity contribution in [3.63, 3.8) is 0 Å². The molecule has 0 N–H and O–H groups in total. The van der Waals surface area contributed by atoms with Crippen molar-refractivity contribution in [3.05, 3.63) is 58.0 Å². The molecule has 0 radical (unpaired) electrons. The van der Waals surface area contributed by atoms with Gasteiger partial charge in [0, 0.05) is 18.5 Å². The molecule has 23 heavy (non-hydrogen) atoms. The molecule has 0 bridgehead atoms. The summed E-state index contributed by atoms with van der Waals surface area (Å²) in [6.45, 7) is 5.79. The number of rotatable bonds is 5. The molecule has 0 aliphatic rings. The standard InChI is InChI=1S/C15H13ClN4O2S/c1-3-6-20-14(21)11-5-4-10(16)7-12(11)17-15(20)23-8-13-19-18-9(2)22-13/h3-5,7H,1,6,8H2,2H3. The molecule has 0 amide bonds. The zero-order chi connectivity index (χ0) is 16.4. The normalized spacial score (nSPS) is 11.0. The lowest BCUT2D eigenvalue weighted by atomic mass is 10.2. The van der Waals surface area contributed by atoms with Crippen LogP contribution < -0.4 is 5.56 Å². The van der Waals surface area contributed by atoms with Gasteiger partial charge in [-0.3, -0.25) is 9.36 Å². The minimum Gasteiger partial charge on any atom is -0.425 e. The Hall–Kier alpha value is -2.12. The van der Waals surface area contributed by atoms with Crippen LogP contribution in [-0.2, 0) is 12.3 Å². The average Bonchev–Trinajstić information content (AvgIpc) is 2.94. The van der Waals surface area contributed by atoms with Crippen LogP contribution in [0, 0.1) is 6.92 Å². The monoisotopic (exact) mass is 348 g/mol. The Morgan fingerprint density at radius 2 is 2.26 bits per heavy atom. The maximum absolute atomic E-state index is 12.6. The third-order valence-corrected chi connectivity index (χ3v) is 4.28. The Bertz CT molecular complexity index is 935. The topological polar surface area (TPSA) is 73.8 Å². The maximum Gasteiger partial charge on any atom is 0.262 e. The van der Waals surface area contributed by atoms with E-state index in [9.17, 15) is 4.79 Å². The molecule has 0 aliphatic carbocycles. The van der Waals surface area contributed by atoms with Crippen molar-refractivity contribution >= 4 is 34.3 Å². The van der Waals surface area contributed by atoms with Gasteiger partial charge in [-0.25, -0.2) is 4.98 Å². The van der Waals surface area contributed by atoms with Gasteiger partial charge in [0.1, 0.15) is 0 Å². The molecule has 8 heteroatoms. The Kier molecular flexibility index (Phi) is 4.49. The summed E-state index contributed by atoms with van der Waals surface area (Å²) in [7, 11) is 0. The van der Waals surface area contributed by atoms with Gasteiger partial charge in [-0.2, -0.15) is 0 Å². The van der Waals surface area contributed by atoms with Crippen LogP contribution in [0.1, 0.15) is 11.8 Å². The molecule has 118 valence electrons. The maximum atomic E-state index is 12.6. The van der Waals surface area contributed by atoms with Crippen LogP contribution in [0.25, 0.3) is 10.9 Å². The number of allylic oxidation sites excluding steroid dienone is 1. The summed E-state index contributed by atoms with van der Waals surface area (Å²) in [5.41, 5.74) is 0.433. The van der Waals surface area contributed by atoms with Gasteiger partial charge in [-0.15, -0.1) is 16.8 Å². The summed E-state index contributed by atoms with van der Waals surface area (Å²) >= 11 is 7.35. The second-order valence-electron chi connectivity index (χ2n) is 4.76. The first-order valence-electron chi connectivity index (χ1n) is 6.81. The van der Waals surface area contributed by atoms with Gasteiger partial charge in [-0.05, 0) is 18.2 Å². The van der Waals surface area contributed by atoms with Crippen LogP contribution in [0.3, 0.4) is 0 Å². The number of fused-ring (bicyclic) bond motifs is 1. The van der Waals surface area contributed by atoms with E-state index in [0.29, 0.717) is 45.2 Å². The summed E-state index contributed by atoms with van der Waals surface area (Å²) in [6, 6.07) is 5.04. The Morgan fingerprint density at radius 1 is 1.43 bits per heavy atom. The van der Waals surface area contributed by atoms with Crippen molar-refractivity contribution in [1.82, 2.24) is 19.7 Å². The van der Waals surface area contributed by atoms with Crippen LogP contribution in [0.4, 0.5) is 0 Å². The largest absolute Gasteiger partial charge is 0.425 e. The van der Waals surface area contributed by atoms with Crippen LogP contribution in [0.2, 0.25) is 5.02 Å². The number of hydrogen-bond donors (Lipinski definition) is 0. The van der Waals surface area contributed by atoms with Crippen molar-refractivity contribution in [2.24, 2.45) is 0 Å². The first kappa shape index (κ1) is 15.8. The fraction of sp³-hybridized carbons (Fsp3) is 0.200. The van der Waals surface area contributed by atoms with Crippen LogP contribution >= 0.6 is 23.4 Å². The van der Waals surface area contributed by atoms with Crippen molar-refractivity contribution < 1.29 is 4.42 Å². The number of halogens is 1. The second kappa shape index (κ2) is 6.55. The van der Waals surface area contributed by atoms with Crippen molar-refractivity contribution in [2.75, 3.05) is 0 Å². The molecule has 0 saturated carbocycles. The Balaban J connectivity index is 2.04. The van der Waals surface area contributed by atoms with E-state index in [-0.39, 0.29) is 5.56 Å². The summed E-state index contributed by atoms with van der Waals surface area (Å²) in [5.74, 6) is 1.41. The molecule has 0 atom stereocenters. The summed E-state index contributed by atoms with van der Waals surface area (Å²) < 4.78 is 6.91. The summed E-state index contributed by atoms with van der Waals surface area (Å²) in [4.78, 5) is 17.2. The van der Waals surface area contributed by atoms with Gasteiger partial charge in [0.15, 0.2) is 5.16 Å². The lowest BCUT2D eigenvalue weighted by Crippen LogP contribution is -2.22. The first-order chi connectivity index (χ1) is 11.1. The fourth-order valence-electron chi connectivity index (χ4n) is 2.10. The van der Waals surface area contributed by atoms with Crippen molar-refractivity contribution in [2.45, 2.75) is 24.4 Å². The quantitative estimate of drug-likeness (QED) is 0.400. The number of aryl methyl sites for hydroxylation is 1. The summed E-state index contributed by atoms with van der Waals surface area (Å²) in [5, 5.41) is 9.34. The molecule has 2 aromatic heterocycles. The molecular formula is C15H13ClN4O2S. The Labute approximate surface area is 141 Å². The van der Waals surface area contributed by atoms with Crippen LogP contribution in [0.15, 0.2) is 45.2 Å². The zero-order valence-corrected chi connectivity index (χ0v) is 13.9. The molecule has 0 fully saturated rings. The highest BCUT2D eigenvalue weighted by Crippen LogP contribution is 2.23. The molecule has 3 aromatic rings. The van der Waals surface area contributed by atoms with Gasteiger partial charge in [0.05, 0.1) is 16.7 Å². The summed E-state index contributed by atoms with van der Waals surface area (Å²) in [6.07, 6.45) is 1.66. The fourth-order valence-corrected chi connectivity index (χ4v) is 3.11. The molecule has 0 aliphatic heterocycles. The third-order valence-electron chi connectivity index (χ3n) is 3.09. The van der Waals surface area contributed by atoms with Crippen molar-refractivity contribution in [3.8, 4) is 0 Å². The smallest absolute Gasteiger partial charge is 0.262 e. The lowest BCUT2D eigenvalue weighted by Gasteiger charge is -2.10. The lowest BCUT2D eigenvalue weighted by molar-refractivity contribution is 0.485. The predicted octanol–water partition coefficient (Wildman–Crippen LogP) is 3.22. The third kappa shape index (κ3) is 3.30. The Morgan fingerprint density at radius 3 is 2.96 bits per heavy atom. The molecule has 0 unspecified atom stereocenters. The molecule has 3 rings (SSSR count). The highest BCUT2D eigenvalue weighted by atomic mass is 35.5. The minimum atomic E-state index is -0.129. The van der Waals surface area contributed by atoms with Gasteiger partial charge in [0.2, 0.25) is 11.8 Å². The van der Waals surface area contributed by atoms with Crippen molar-refractivity contribution in [1.29, 1.82) is 0 Å². The molecule has 2 heterocycles. The highest BCUT2D eigenvalue weighted by molar-refractivity contribution is 7.98. The number of nitrogens with zero attached hydrogens (tertiary/aromatic N) is 4. The number of hydrogen-bond acceptors (Lipinski definition) is 6. The van der Waals surface area contributed by atoms with Gasteiger partial charge in [0.25, 0.3) is 5.56 Å². The van der Waals surface area contributed by atoms with Gasteiger partial charge in [-0.1, -0.05) is 29.4 Å². The highest BCUT2D eigenvalue weighted by Gasteiger charge is 2.13. The molecule has 0 saturated heterocycles. The number of benzene rings is 1. The first-order valence-corrected chi connectivity index (χ1v) is 8.17. The van der Waals surface area contributed by atoms with E-state index in [0.717, 1.165) is 0 Å². The van der Waals surface area contributed by atoms with E-state index < -0.39 is 0 Å². The van der Waals surface area contributed by atoms with Crippen LogP contribution in [0.5, 0.6) is 0 Å².